The summed E-state index contributed by atoms with van der Waals surface area (Å²) in [4.78, 5) is 14.9. The Labute approximate surface area is 132 Å². The van der Waals surface area contributed by atoms with E-state index in [0.29, 0.717) is 31.8 Å². The number of rotatable bonds is 3. The largest absolute Gasteiger partial charge is 0.341 e. The summed E-state index contributed by atoms with van der Waals surface area (Å²) in [6.45, 7) is 5.41. The zero-order chi connectivity index (χ0) is 16.0. The molecule has 1 aromatic carbocycles. The van der Waals surface area contributed by atoms with Gasteiger partial charge in [0.05, 0.1) is 4.90 Å². The number of piperidine rings is 1. The Balaban J connectivity index is 1.89. The third kappa shape index (κ3) is 2.45. The van der Waals surface area contributed by atoms with Crippen molar-refractivity contribution >= 4 is 15.7 Å². The quantitative estimate of drug-likeness (QED) is 0.860. The summed E-state index contributed by atoms with van der Waals surface area (Å²) in [5, 5.41) is 0. The molecule has 5 heteroatoms. The van der Waals surface area contributed by atoms with Gasteiger partial charge in [0.2, 0.25) is 5.91 Å². The van der Waals surface area contributed by atoms with E-state index in [-0.39, 0.29) is 10.8 Å². The lowest BCUT2D eigenvalue weighted by atomic mass is 10.00. The molecule has 1 aliphatic carbocycles. The Bertz CT molecular complexity index is 674. The number of carbonyl (C=O) groups is 1. The second-order valence-corrected chi connectivity index (χ2v) is 9.07. The summed E-state index contributed by atoms with van der Waals surface area (Å²) in [6, 6.07) is 6.82. The molecule has 0 N–H and O–H groups in total. The predicted octanol–water partition coefficient (Wildman–Crippen LogP) is 2.56. The zero-order valence-electron chi connectivity index (χ0n) is 13.2. The van der Waals surface area contributed by atoms with Crippen molar-refractivity contribution in [1.82, 2.24) is 4.90 Å². The summed E-state index contributed by atoms with van der Waals surface area (Å²) < 4.78 is 24.7. The molecule has 0 bridgehead atoms. The first kappa shape index (κ1) is 15.5. The highest BCUT2D eigenvalue weighted by atomic mass is 32.2. The molecule has 0 radical (unpaired) electrons. The van der Waals surface area contributed by atoms with E-state index >= 15 is 0 Å². The van der Waals surface area contributed by atoms with Crippen molar-refractivity contribution < 1.29 is 13.2 Å². The minimum absolute atomic E-state index is 0.181. The number of hydrogen-bond acceptors (Lipinski definition) is 3. The minimum atomic E-state index is -3.60. The van der Waals surface area contributed by atoms with Gasteiger partial charge in [-0.15, -0.1) is 0 Å². The van der Waals surface area contributed by atoms with E-state index in [1.165, 1.54) is 0 Å². The molecular weight excluding hydrogens is 298 g/mol. The van der Waals surface area contributed by atoms with Crippen molar-refractivity contribution in [3.63, 3.8) is 0 Å². The van der Waals surface area contributed by atoms with Crippen LogP contribution in [0.1, 0.15) is 38.2 Å². The van der Waals surface area contributed by atoms with Gasteiger partial charge in [-0.1, -0.05) is 24.6 Å². The highest BCUT2D eigenvalue weighted by Crippen LogP contribution is 2.48. The van der Waals surface area contributed by atoms with E-state index in [2.05, 4.69) is 6.92 Å². The minimum Gasteiger partial charge on any atom is -0.341 e. The molecule has 2 aliphatic rings. The van der Waals surface area contributed by atoms with Crippen LogP contribution in [0.25, 0.3) is 0 Å². The maximum Gasteiger partial charge on any atom is 0.244 e. The average Bonchev–Trinajstić information content (AvgIpc) is 3.29. The molecule has 120 valence electrons. The van der Waals surface area contributed by atoms with E-state index < -0.39 is 14.6 Å². The van der Waals surface area contributed by atoms with Crippen LogP contribution in [0.3, 0.4) is 0 Å². The fraction of sp³-hybridized carbons (Fsp3) is 0.588. The molecule has 1 saturated heterocycles. The van der Waals surface area contributed by atoms with E-state index in [9.17, 15) is 13.2 Å². The first-order valence-electron chi connectivity index (χ1n) is 7.97. The van der Waals surface area contributed by atoms with E-state index in [1.54, 1.807) is 29.2 Å². The summed E-state index contributed by atoms with van der Waals surface area (Å²) in [5.74, 6) is 0.273. The van der Waals surface area contributed by atoms with E-state index in [4.69, 9.17) is 0 Å². The van der Waals surface area contributed by atoms with Gasteiger partial charge in [-0.2, -0.15) is 0 Å². The Morgan fingerprint density at radius 1 is 1.23 bits per heavy atom. The molecule has 22 heavy (non-hydrogen) atoms. The van der Waals surface area contributed by atoms with Crippen molar-refractivity contribution in [3.05, 3.63) is 29.8 Å². The number of likely N-dealkylation sites (tertiary alicyclic amines) is 1. The number of nitrogens with zero attached hydrogens (tertiary/aromatic N) is 1. The van der Waals surface area contributed by atoms with Gasteiger partial charge in [0.25, 0.3) is 0 Å². The van der Waals surface area contributed by atoms with Gasteiger partial charge < -0.3 is 4.90 Å². The predicted molar refractivity (Wildman–Crippen MR) is 85.3 cm³/mol. The van der Waals surface area contributed by atoms with E-state index in [1.807, 2.05) is 6.92 Å². The number of hydrogen-bond donors (Lipinski definition) is 0. The standard InChI is InChI=1S/C17H23NO3S/c1-13-5-7-15(8-6-13)22(20,21)17(9-10-17)16(19)18-11-3-4-14(2)12-18/h5-8,14H,3-4,9-12H2,1-2H3. The van der Waals surface area contributed by atoms with Crippen LogP contribution in [-0.2, 0) is 14.6 Å². The topological polar surface area (TPSA) is 54.5 Å². The monoisotopic (exact) mass is 321 g/mol. The van der Waals surface area contributed by atoms with Gasteiger partial charge in [-0.05, 0) is 50.7 Å². The molecular formula is C17H23NO3S. The SMILES string of the molecule is Cc1ccc(S(=O)(=O)C2(C(=O)N3CCCC(C)C3)CC2)cc1. The number of amides is 1. The van der Waals surface area contributed by atoms with Crippen LogP contribution in [-0.4, -0.2) is 37.1 Å². The fourth-order valence-corrected chi connectivity index (χ4v) is 5.26. The van der Waals surface area contributed by atoms with Crippen LogP contribution in [0.2, 0.25) is 0 Å². The second-order valence-electron chi connectivity index (χ2n) is 6.81. The number of carbonyl (C=O) groups excluding carboxylic acids is 1. The van der Waals surface area contributed by atoms with Crippen molar-refractivity contribution in [2.75, 3.05) is 13.1 Å². The lowest BCUT2D eigenvalue weighted by molar-refractivity contribution is -0.133. The van der Waals surface area contributed by atoms with Gasteiger partial charge >= 0.3 is 0 Å². The zero-order valence-corrected chi connectivity index (χ0v) is 14.0. The normalized spacial score (nSPS) is 24.1. The first-order chi connectivity index (χ1) is 10.4. The molecule has 0 aromatic heterocycles. The van der Waals surface area contributed by atoms with Gasteiger partial charge in [0.15, 0.2) is 14.6 Å². The number of benzene rings is 1. The molecule has 4 nitrogen and oxygen atoms in total. The summed E-state index contributed by atoms with van der Waals surface area (Å²) >= 11 is 0. The van der Waals surface area contributed by atoms with Crippen LogP contribution < -0.4 is 0 Å². The maximum atomic E-state index is 12.9. The van der Waals surface area contributed by atoms with Crippen molar-refractivity contribution in [3.8, 4) is 0 Å². The Hall–Kier alpha value is -1.36. The second kappa shape index (κ2) is 5.37. The summed E-state index contributed by atoms with van der Waals surface area (Å²) in [5.41, 5.74) is 1.01. The van der Waals surface area contributed by atoms with Crippen LogP contribution >= 0.6 is 0 Å². The molecule has 0 spiro atoms. The fourth-order valence-electron chi connectivity index (χ4n) is 3.32. The smallest absolute Gasteiger partial charge is 0.244 e. The number of sulfone groups is 1. The van der Waals surface area contributed by atoms with Crippen LogP contribution in [0, 0.1) is 12.8 Å². The van der Waals surface area contributed by atoms with Crippen LogP contribution in [0.15, 0.2) is 29.2 Å². The molecule has 1 amide bonds. The Morgan fingerprint density at radius 2 is 1.86 bits per heavy atom. The summed E-state index contributed by atoms with van der Waals surface area (Å²) in [6.07, 6.45) is 2.98. The highest BCUT2D eigenvalue weighted by Gasteiger charge is 2.62. The molecule has 1 atom stereocenters. The molecule has 1 heterocycles. The first-order valence-corrected chi connectivity index (χ1v) is 9.46. The Morgan fingerprint density at radius 3 is 2.41 bits per heavy atom. The third-order valence-electron chi connectivity index (χ3n) is 4.88. The van der Waals surface area contributed by atoms with Crippen LogP contribution in [0.5, 0.6) is 0 Å². The van der Waals surface area contributed by atoms with Gasteiger partial charge in [0.1, 0.15) is 0 Å². The summed E-state index contributed by atoms with van der Waals surface area (Å²) in [7, 11) is -3.60. The third-order valence-corrected chi connectivity index (χ3v) is 7.39. The molecule has 1 unspecified atom stereocenters. The lowest BCUT2D eigenvalue weighted by Gasteiger charge is -2.33. The molecule has 3 rings (SSSR count). The van der Waals surface area contributed by atoms with Gasteiger partial charge in [-0.25, -0.2) is 8.42 Å². The van der Waals surface area contributed by atoms with Crippen LogP contribution in [0.4, 0.5) is 0 Å². The van der Waals surface area contributed by atoms with Gasteiger partial charge in [-0.3, -0.25) is 4.79 Å². The molecule has 1 aliphatic heterocycles. The van der Waals surface area contributed by atoms with Crippen molar-refractivity contribution in [1.29, 1.82) is 0 Å². The maximum absolute atomic E-state index is 12.9. The Kier molecular flexibility index (Phi) is 3.79. The van der Waals surface area contributed by atoms with Gasteiger partial charge in [0, 0.05) is 13.1 Å². The number of aryl methyl sites for hydroxylation is 1. The highest BCUT2D eigenvalue weighted by molar-refractivity contribution is 7.94. The van der Waals surface area contributed by atoms with Crippen molar-refractivity contribution in [2.45, 2.75) is 49.2 Å². The molecule has 1 aromatic rings. The van der Waals surface area contributed by atoms with Crippen molar-refractivity contribution in [2.24, 2.45) is 5.92 Å². The molecule has 2 fully saturated rings. The molecule has 1 saturated carbocycles. The van der Waals surface area contributed by atoms with E-state index in [0.717, 1.165) is 18.4 Å². The average molecular weight is 321 g/mol. The lowest BCUT2D eigenvalue weighted by Crippen LogP contribution is -2.48.